The molecule has 0 saturated carbocycles. The molecule has 0 aromatic rings. The van der Waals surface area contributed by atoms with Crippen LogP contribution in [0.15, 0.2) is 0 Å². The van der Waals surface area contributed by atoms with E-state index in [1.807, 2.05) is 0 Å². The van der Waals surface area contributed by atoms with Gasteiger partial charge in [0.2, 0.25) is 0 Å². The summed E-state index contributed by atoms with van der Waals surface area (Å²) in [6.07, 6.45) is 0. The Labute approximate surface area is 74.0 Å². The second kappa shape index (κ2) is 12.1. The van der Waals surface area contributed by atoms with Crippen molar-refractivity contribution >= 4 is 11.9 Å². The number of rotatable bonds is 2. The summed E-state index contributed by atoms with van der Waals surface area (Å²) in [6.45, 7) is -0.556. The molecule has 0 fully saturated rings. The molecular weight excluding hydrogens is 195 g/mol. The maximum atomic E-state index is 9.24. The maximum Gasteiger partial charge on any atom is 0.317 e. The smallest absolute Gasteiger partial charge is 0.317 e. The van der Waals surface area contributed by atoms with Crippen LogP contribution in [-0.2, 0) is 26.7 Å². The zero-order valence-electron chi connectivity index (χ0n) is 5.66. The Balaban J connectivity index is -0.000000107. The predicted octanol–water partition coefficient (Wildman–Crippen LogP) is -1.94. The van der Waals surface area contributed by atoms with Crippen molar-refractivity contribution in [3.8, 4) is 0 Å². The van der Waals surface area contributed by atoms with Gasteiger partial charge in [0, 0.05) is 17.1 Å². The van der Waals surface area contributed by atoms with E-state index in [4.69, 9.17) is 10.2 Å². The standard InChI is InChI=1S/2C2H5NO2.Mn/c2*3-1-2(4)5;/h2*1,3H2,(H,4,5);. The van der Waals surface area contributed by atoms with Crippen molar-refractivity contribution in [3.05, 3.63) is 0 Å². The molecule has 0 aliphatic heterocycles. The third kappa shape index (κ3) is 44.7. The van der Waals surface area contributed by atoms with Crippen LogP contribution in [0.25, 0.3) is 0 Å². The fourth-order valence-electron chi connectivity index (χ4n) is 0. The number of aliphatic carboxylic acids is 2. The fourth-order valence-corrected chi connectivity index (χ4v) is 0. The van der Waals surface area contributed by atoms with E-state index in [9.17, 15) is 9.59 Å². The first kappa shape index (κ1) is 16.8. The van der Waals surface area contributed by atoms with Crippen LogP contribution in [0.3, 0.4) is 0 Å². The van der Waals surface area contributed by atoms with E-state index in [1.165, 1.54) is 0 Å². The van der Waals surface area contributed by atoms with Crippen molar-refractivity contribution in [2.75, 3.05) is 13.1 Å². The molecule has 0 atom stereocenters. The van der Waals surface area contributed by atoms with Crippen LogP contribution in [0.4, 0.5) is 0 Å². The van der Waals surface area contributed by atoms with E-state index in [-0.39, 0.29) is 30.2 Å². The Morgan fingerprint density at radius 2 is 1.09 bits per heavy atom. The van der Waals surface area contributed by atoms with Crippen molar-refractivity contribution in [1.29, 1.82) is 0 Å². The van der Waals surface area contributed by atoms with Gasteiger partial charge in [0.05, 0.1) is 13.1 Å². The molecule has 0 spiro atoms. The number of nitrogens with two attached hydrogens (primary N) is 2. The van der Waals surface area contributed by atoms with Gasteiger partial charge in [0.15, 0.2) is 0 Å². The second-order valence-electron chi connectivity index (χ2n) is 1.20. The Bertz CT molecular complexity index is 105. The van der Waals surface area contributed by atoms with E-state index in [2.05, 4.69) is 11.5 Å². The summed E-state index contributed by atoms with van der Waals surface area (Å²) in [5.74, 6) is -1.94. The molecule has 6 nitrogen and oxygen atoms in total. The summed E-state index contributed by atoms with van der Waals surface area (Å²) < 4.78 is 0. The number of carbonyl (C=O) groups is 2. The molecule has 0 unspecified atom stereocenters. The fraction of sp³-hybridized carbons (Fsp3) is 0.500. The van der Waals surface area contributed by atoms with Gasteiger partial charge in [-0.15, -0.1) is 0 Å². The number of hydrogen-bond acceptors (Lipinski definition) is 4. The van der Waals surface area contributed by atoms with Crippen LogP contribution in [0.5, 0.6) is 0 Å². The van der Waals surface area contributed by atoms with Crippen molar-refractivity contribution in [2.24, 2.45) is 11.5 Å². The van der Waals surface area contributed by atoms with Gasteiger partial charge in [-0.05, 0) is 0 Å². The summed E-state index contributed by atoms with van der Waals surface area (Å²) in [6, 6.07) is 0. The first-order chi connectivity index (χ1) is 4.54. The molecule has 0 amide bonds. The van der Waals surface area contributed by atoms with E-state index in [0.29, 0.717) is 0 Å². The summed E-state index contributed by atoms with van der Waals surface area (Å²) in [4.78, 5) is 18.5. The summed E-state index contributed by atoms with van der Waals surface area (Å²) in [7, 11) is 0. The summed E-state index contributed by atoms with van der Waals surface area (Å²) in [5, 5.41) is 15.2. The van der Waals surface area contributed by atoms with E-state index in [1.54, 1.807) is 0 Å². The van der Waals surface area contributed by atoms with Gasteiger partial charge in [-0.2, -0.15) is 0 Å². The first-order valence-electron chi connectivity index (χ1n) is 2.38. The molecule has 1 radical (unpaired) electrons. The third-order valence-electron chi connectivity index (χ3n) is 0.349. The van der Waals surface area contributed by atoms with Crippen molar-refractivity contribution in [1.82, 2.24) is 0 Å². The molecule has 0 heterocycles. The zero-order chi connectivity index (χ0) is 8.57. The molecule has 6 N–H and O–H groups in total. The Kier molecular flexibility index (Phi) is 18.4. The predicted molar refractivity (Wildman–Crippen MR) is 33.4 cm³/mol. The topological polar surface area (TPSA) is 127 Å². The minimum atomic E-state index is -0.968. The summed E-state index contributed by atoms with van der Waals surface area (Å²) >= 11 is 0. The molecular formula is C4H10MnN2O4. The van der Waals surface area contributed by atoms with Gasteiger partial charge in [-0.3, -0.25) is 9.59 Å². The van der Waals surface area contributed by atoms with E-state index >= 15 is 0 Å². The minimum Gasteiger partial charge on any atom is -0.480 e. The van der Waals surface area contributed by atoms with Crippen LogP contribution in [0, 0.1) is 0 Å². The Morgan fingerprint density at radius 1 is 1.00 bits per heavy atom. The molecule has 0 aromatic heterocycles. The van der Waals surface area contributed by atoms with E-state index < -0.39 is 11.9 Å². The van der Waals surface area contributed by atoms with Crippen LogP contribution < -0.4 is 11.5 Å². The zero-order valence-corrected chi connectivity index (χ0v) is 6.84. The molecule has 67 valence electrons. The third-order valence-corrected chi connectivity index (χ3v) is 0.349. The van der Waals surface area contributed by atoms with Gasteiger partial charge < -0.3 is 21.7 Å². The molecule has 0 aliphatic rings. The van der Waals surface area contributed by atoms with Gasteiger partial charge >= 0.3 is 11.9 Å². The largest absolute Gasteiger partial charge is 0.480 e. The van der Waals surface area contributed by atoms with Crippen molar-refractivity contribution in [3.63, 3.8) is 0 Å². The van der Waals surface area contributed by atoms with Crippen molar-refractivity contribution < 1.29 is 36.9 Å². The summed E-state index contributed by atoms with van der Waals surface area (Å²) in [5.41, 5.74) is 9.14. The molecule has 0 rings (SSSR count). The van der Waals surface area contributed by atoms with Crippen LogP contribution >= 0.6 is 0 Å². The van der Waals surface area contributed by atoms with Gasteiger partial charge in [-0.1, -0.05) is 0 Å². The van der Waals surface area contributed by atoms with E-state index in [0.717, 1.165) is 0 Å². The van der Waals surface area contributed by atoms with Crippen molar-refractivity contribution in [2.45, 2.75) is 0 Å². The SMILES string of the molecule is NCC(=O)O.NCC(=O)O.[Mn]. The minimum absolute atomic E-state index is 0. The molecule has 0 saturated heterocycles. The molecule has 11 heavy (non-hydrogen) atoms. The van der Waals surface area contributed by atoms with Crippen LogP contribution in [-0.4, -0.2) is 35.2 Å². The molecule has 0 aliphatic carbocycles. The van der Waals surface area contributed by atoms with Gasteiger partial charge in [0.25, 0.3) is 0 Å². The monoisotopic (exact) mass is 205 g/mol. The molecule has 0 aromatic carbocycles. The Morgan fingerprint density at radius 3 is 1.09 bits per heavy atom. The Hall–Kier alpha value is -0.621. The van der Waals surface area contributed by atoms with Gasteiger partial charge in [-0.25, -0.2) is 0 Å². The van der Waals surface area contributed by atoms with Gasteiger partial charge in [0.1, 0.15) is 0 Å². The molecule has 0 bridgehead atoms. The first-order valence-corrected chi connectivity index (χ1v) is 2.38. The number of hydrogen-bond donors (Lipinski definition) is 4. The quantitative estimate of drug-likeness (QED) is 0.388. The van der Waals surface area contributed by atoms with Crippen LogP contribution in [0.1, 0.15) is 0 Å². The van der Waals surface area contributed by atoms with Crippen LogP contribution in [0.2, 0.25) is 0 Å². The number of carboxylic acids is 2. The average molecular weight is 205 g/mol. The second-order valence-corrected chi connectivity index (χ2v) is 1.20. The number of carboxylic acid groups (broad SMARTS) is 2. The average Bonchev–Trinajstić information content (AvgIpc) is 1.89. The molecule has 7 heteroatoms. The normalized spacial score (nSPS) is 6.73. The maximum absolute atomic E-state index is 9.24.